The molecule has 4 nitrogen and oxygen atoms in total. The molecule has 0 aliphatic carbocycles. The maximum absolute atomic E-state index is 12.6. The van der Waals surface area contributed by atoms with E-state index in [1.165, 1.54) is 20.3 Å². The third kappa shape index (κ3) is 5.31. The smallest absolute Gasteiger partial charge is 0.229 e. The van der Waals surface area contributed by atoms with E-state index in [4.69, 9.17) is 9.47 Å². The normalized spacial score (nSPS) is 9.50. The van der Waals surface area contributed by atoms with Gasteiger partial charge < -0.3 is 9.47 Å². The highest BCUT2D eigenvalue weighted by Crippen LogP contribution is 2.16. The van der Waals surface area contributed by atoms with Crippen molar-refractivity contribution in [2.24, 2.45) is 0 Å². The number of ether oxygens (including phenoxy) is 2. The summed E-state index contributed by atoms with van der Waals surface area (Å²) < 4.78 is 35.7. The zero-order chi connectivity index (χ0) is 15.1. The Morgan fingerprint density at radius 1 is 0.900 bits per heavy atom. The Labute approximate surface area is 142 Å². The number of halogens is 4. The van der Waals surface area contributed by atoms with E-state index < -0.39 is 11.9 Å². The first kappa shape index (κ1) is 17.3. The molecular formula is C12H10F2I2N2O2. The molecule has 0 saturated carbocycles. The maximum Gasteiger partial charge on any atom is 0.229 e. The van der Waals surface area contributed by atoms with Gasteiger partial charge in [0.25, 0.3) is 0 Å². The Bertz CT molecular complexity index is 585. The fraction of sp³-hybridized carbons (Fsp3) is 0.167. The molecule has 2 heterocycles. The molecule has 0 fully saturated rings. The highest BCUT2D eigenvalue weighted by atomic mass is 127. The zero-order valence-corrected chi connectivity index (χ0v) is 14.8. The van der Waals surface area contributed by atoms with Gasteiger partial charge >= 0.3 is 0 Å². The molecule has 108 valence electrons. The summed E-state index contributed by atoms with van der Waals surface area (Å²) in [7, 11) is 2.92. The van der Waals surface area contributed by atoms with Crippen LogP contribution in [0.4, 0.5) is 8.78 Å². The van der Waals surface area contributed by atoms with E-state index in [2.05, 4.69) is 9.97 Å². The number of nitrogens with zero attached hydrogens (tertiary/aromatic N) is 2. The minimum atomic E-state index is -0.516. The van der Waals surface area contributed by atoms with Crippen LogP contribution in [0.5, 0.6) is 11.8 Å². The Morgan fingerprint density at radius 3 is 2.05 bits per heavy atom. The van der Waals surface area contributed by atoms with Crippen LogP contribution in [-0.2, 0) is 0 Å². The van der Waals surface area contributed by atoms with E-state index >= 15 is 0 Å². The molecule has 0 spiro atoms. The van der Waals surface area contributed by atoms with Crippen LogP contribution in [0.1, 0.15) is 0 Å². The molecule has 0 unspecified atom stereocenters. The van der Waals surface area contributed by atoms with Gasteiger partial charge in [-0.25, -0.2) is 0 Å². The van der Waals surface area contributed by atoms with Gasteiger partial charge in [-0.1, -0.05) is 0 Å². The number of methoxy groups -OCH3 is 2. The standard InChI is InChI=1S/2C6H5FINO/c1-10-5-3-2-4(8)6(7)9-5;1-10-6-4(8)2-3-5(7)9-6/h2*2-3H,1H3. The summed E-state index contributed by atoms with van der Waals surface area (Å²) in [6.45, 7) is 0. The lowest BCUT2D eigenvalue weighted by atomic mass is 10.5. The van der Waals surface area contributed by atoms with Crippen molar-refractivity contribution in [3.63, 3.8) is 0 Å². The number of rotatable bonds is 2. The Kier molecular flexibility index (Phi) is 7.34. The fourth-order valence-corrected chi connectivity index (χ4v) is 1.88. The number of hydrogen-bond donors (Lipinski definition) is 0. The van der Waals surface area contributed by atoms with Crippen LogP contribution < -0.4 is 9.47 Å². The van der Waals surface area contributed by atoms with Crippen molar-refractivity contribution in [2.75, 3.05) is 14.2 Å². The summed E-state index contributed by atoms with van der Waals surface area (Å²) in [6.07, 6.45) is 0. The van der Waals surface area contributed by atoms with Gasteiger partial charge in [0.1, 0.15) is 0 Å². The minimum absolute atomic E-state index is 0.304. The van der Waals surface area contributed by atoms with Gasteiger partial charge in [-0.2, -0.15) is 18.7 Å². The summed E-state index contributed by atoms with van der Waals surface area (Å²) in [5.41, 5.74) is 0. The van der Waals surface area contributed by atoms with E-state index in [0.717, 1.165) is 3.57 Å². The van der Waals surface area contributed by atoms with Crippen molar-refractivity contribution in [1.29, 1.82) is 0 Å². The first-order valence-corrected chi connectivity index (χ1v) is 7.35. The van der Waals surface area contributed by atoms with Crippen LogP contribution in [0.15, 0.2) is 24.3 Å². The van der Waals surface area contributed by atoms with Crippen molar-refractivity contribution in [3.8, 4) is 11.8 Å². The lowest BCUT2D eigenvalue weighted by molar-refractivity contribution is 0.384. The molecule has 8 heteroatoms. The predicted molar refractivity (Wildman–Crippen MR) is 86.9 cm³/mol. The van der Waals surface area contributed by atoms with Gasteiger partial charge in [-0.05, 0) is 63.4 Å². The Hall–Kier alpha value is -0.780. The van der Waals surface area contributed by atoms with Crippen LogP contribution >= 0.6 is 45.2 Å². The zero-order valence-electron chi connectivity index (χ0n) is 10.5. The first-order valence-electron chi connectivity index (χ1n) is 5.20. The van der Waals surface area contributed by atoms with Crippen molar-refractivity contribution < 1.29 is 18.3 Å². The summed E-state index contributed by atoms with van der Waals surface area (Å²) >= 11 is 3.89. The monoisotopic (exact) mass is 506 g/mol. The maximum atomic E-state index is 12.6. The molecule has 0 bridgehead atoms. The highest BCUT2D eigenvalue weighted by Gasteiger charge is 2.01. The number of aromatic nitrogens is 2. The molecule has 0 aliphatic rings. The molecule has 2 aromatic rings. The van der Waals surface area contributed by atoms with Crippen LogP contribution in [-0.4, -0.2) is 24.2 Å². The van der Waals surface area contributed by atoms with Crippen molar-refractivity contribution >= 4 is 45.2 Å². The van der Waals surface area contributed by atoms with Crippen LogP contribution in [0.25, 0.3) is 0 Å². The molecule has 0 radical (unpaired) electrons. The topological polar surface area (TPSA) is 44.2 Å². The van der Waals surface area contributed by atoms with Crippen molar-refractivity contribution in [3.05, 3.63) is 43.3 Å². The molecule has 0 atom stereocenters. The van der Waals surface area contributed by atoms with Crippen LogP contribution in [0.3, 0.4) is 0 Å². The molecule has 2 rings (SSSR count). The van der Waals surface area contributed by atoms with E-state index in [9.17, 15) is 8.78 Å². The Balaban J connectivity index is 0.000000200. The van der Waals surface area contributed by atoms with Crippen LogP contribution in [0.2, 0.25) is 0 Å². The summed E-state index contributed by atoms with van der Waals surface area (Å²) in [5.74, 6) is -0.365. The second-order valence-corrected chi connectivity index (χ2v) is 5.58. The quantitative estimate of drug-likeness (QED) is 0.461. The highest BCUT2D eigenvalue weighted by molar-refractivity contribution is 14.1. The molecule has 20 heavy (non-hydrogen) atoms. The first-order chi connectivity index (χ1) is 9.47. The van der Waals surface area contributed by atoms with E-state index in [0.29, 0.717) is 15.3 Å². The molecular weight excluding hydrogens is 496 g/mol. The average molecular weight is 506 g/mol. The van der Waals surface area contributed by atoms with Gasteiger partial charge in [0.2, 0.25) is 23.7 Å². The number of pyridine rings is 2. The van der Waals surface area contributed by atoms with E-state index in [1.54, 1.807) is 18.2 Å². The summed E-state index contributed by atoms with van der Waals surface area (Å²) in [6, 6.07) is 6.14. The van der Waals surface area contributed by atoms with Gasteiger partial charge in [-0.15, -0.1) is 0 Å². The largest absolute Gasteiger partial charge is 0.481 e. The summed E-state index contributed by atoms with van der Waals surface area (Å²) in [5, 5.41) is 0. The summed E-state index contributed by atoms with van der Waals surface area (Å²) in [4.78, 5) is 6.99. The van der Waals surface area contributed by atoms with Gasteiger partial charge in [0, 0.05) is 6.07 Å². The number of hydrogen-bond acceptors (Lipinski definition) is 4. The third-order valence-corrected chi connectivity index (χ3v) is 3.59. The lowest BCUT2D eigenvalue weighted by Gasteiger charge is -1.99. The lowest BCUT2D eigenvalue weighted by Crippen LogP contribution is -1.92. The molecule has 0 saturated heterocycles. The van der Waals surface area contributed by atoms with E-state index in [-0.39, 0.29) is 0 Å². The molecule has 0 N–H and O–H groups in total. The molecule has 0 amide bonds. The Morgan fingerprint density at radius 2 is 1.55 bits per heavy atom. The predicted octanol–water partition coefficient (Wildman–Crippen LogP) is 3.67. The third-order valence-electron chi connectivity index (χ3n) is 1.96. The van der Waals surface area contributed by atoms with Gasteiger partial charge in [0.05, 0.1) is 21.4 Å². The van der Waals surface area contributed by atoms with Crippen molar-refractivity contribution in [1.82, 2.24) is 9.97 Å². The fourth-order valence-electron chi connectivity index (χ4n) is 1.06. The van der Waals surface area contributed by atoms with Gasteiger partial charge in [-0.3, -0.25) is 0 Å². The second kappa shape index (κ2) is 8.49. The van der Waals surface area contributed by atoms with E-state index in [1.807, 2.05) is 45.2 Å². The second-order valence-electron chi connectivity index (χ2n) is 3.25. The van der Waals surface area contributed by atoms with Crippen molar-refractivity contribution in [2.45, 2.75) is 0 Å². The SMILES string of the molecule is COc1ccc(I)c(F)n1.COc1nc(F)ccc1I. The molecule has 0 aromatic carbocycles. The van der Waals surface area contributed by atoms with Gasteiger partial charge in [0.15, 0.2) is 0 Å². The molecule has 0 aliphatic heterocycles. The molecule has 2 aromatic heterocycles. The average Bonchev–Trinajstić information content (AvgIpc) is 2.45. The van der Waals surface area contributed by atoms with Crippen LogP contribution in [0, 0.1) is 19.0 Å². The minimum Gasteiger partial charge on any atom is -0.481 e.